The molecule has 0 aliphatic rings. The van der Waals surface area contributed by atoms with Crippen LogP contribution in [0.5, 0.6) is 0 Å². The second-order valence-electron chi connectivity index (χ2n) is 8.49. The van der Waals surface area contributed by atoms with E-state index in [4.69, 9.17) is 4.55 Å². The van der Waals surface area contributed by atoms with Crippen LogP contribution in [0.4, 0.5) is 0 Å². The molecule has 0 amide bonds. The Morgan fingerprint density at radius 2 is 1.15 bits per heavy atom. The zero-order chi connectivity index (χ0) is 19.9. The lowest BCUT2D eigenvalue weighted by Gasteiger charge is -2.31. The van der Waals surface area contributed by atoms with Gasteiger partial charge in [0.25, 0.3) is 10.1 Å². The van der Waals surface area contributed by atoms with Crippen molar-refractivity contribution in [3.05, 3.63) is 0 Å². The number of rotatable bonds is 18. The second kappa shape index (κ2) is 14.8. The van der Waals surface area contributed by atoms with Gasteiger partial charge in [-0.25, -0.2) is 0 Å². The molecule has 0 radical (unpaired) electrons. The van der Waals surface area contributed by atoms with Crippen molar-refractivity contribution in [3.63, 3.8) is 0 Å². The quantitative estimate of drug-likeness (QED) is 0.205. The van der Waals surface area contributed by atoms with E-state index >= 15 is 0 Å². The van der Waals surface area contributed by atoms with Gasteiger partial charge in [0.2, 0.25) is 0 Å². The molecule has 0 rings (SSSR count). The number of quaternary nitrogens is 1. The maximum Gasteiger partial charge on any atom is 0.267 e. The van der Waals surface area contributed by atoms with Crippen molar-refractivity contribution >= 4 is 10.1 Å². The molecular formula is C20H44NO4S+. The SMILES string of the molecule is CCCCCCCCCCCCCCC[N+](C)(C)CC(O)CS(=O)(=O)O. The zero-order valence-corrected chi connectivity index (χ0v) is 18.3. The van der Waals surface area contributed by atoms with Crippen molar-refractivity contribution in [1.29, 1.82) is 0 Å². The molecule has 0 saturated carbocycles. The molecule has 0 fully saturated rings. The summed E-state index contributed by atoms with van der Waals surface area (Å²) in [6.45, 7) is 3.52. The molecule has 2 N–H and O–H groups in total. The monoisotopic (exact) mass is 394 g/mol. The summed E-state index contributed by atoms with van der Waals surface area (Å²) in [6.07, 6.45) is 16.2. The molecule has 26 heavy (non-hydrogen) atoms. The van der Waals surface area contributed by atoms with E-state index in [1.165, 1.54) is 77.0 Å². The zero-order valence-electron chi connectivity index (χ0n) is 17.5. The van der Waals surface area contributed by atoms with E-state index in [0.29, 0.717) is 11.0 Å². The Labute approximate surface area is 162 Å². The van der Waals surface area contributed by atoms with Gasteiger partial charge in [-0.2, -0.15) is 8.42 Å². The van der Waals surface area contributed by atoms with E-state index in [1.54, 1.807) is 0 Å². The summed E-state index contributed by atoms with van der Waals surface area (Å²) in [6, 6.07) is 0. The highest BCUT2D eigenvalue weighted by molar-refractivity contribution is 7.85. The van der Waals surface area contributed by atoms with Crippen LogP contribution in [0.25, 0.3) is 0 Å². The summed E-state index contributed by atoms with van der Waals surface area (Å²) in [5, 5.41) is 9.77. The number of nitrogens with zero attached hydrogens (tertiary/aromatic N) is 1. The Morgan fingerprint density at radius 3 is 1.54 bits per heavy atom. The molecular weight excluding hydrogens is 350 g/mol. The van der Waals surface area contributed by atoms with Gasteiger partial charge in [0.15, 0.2) is 0 Å². The van der Waals surface area contributed by atoms with Crippen LogP contribution in [0.3, 0.4) is 0 Å². The molecule has 1 unspecified atom stereocenters. The lowest BCUT2D eigenvalue weighted by Crippen LogP contribution is -2.47. The first-order chi connectivity index (χ1) is 12.2. The van der Waals surface area contributed by atoms with Gasteiger partial charge in [-0.3, -0.25) is 4.55 Å². The lowest BCUT2D eigenvalue weighted by molar-refractivity contribution is -0.893. The van der Waals surface area contributed by atoms with E-state index in [-0.39, 0.29) is 0 Å². The van der Waals surface area contributed by atoms with Gasteiger partial charge in [-0.15, -0.1) is 0 Å². The van der Waals surface area contributed by atoms with Gasteiger partial charge in [0.05, 0.1) is 20.6 Å². The predicted molar refractivity (Wildman–Crippen MR) is 110 cm³/mol. The highest BCUT2D eigenvalue weighted by atomic mass is 32.2. The van der Waals surface area contributed by atoms with Crippen molar-refractivity contribution in [2.75, 3.05) is 32.9 Å². The predicted octanol–water partition coefficient (Wildman–Crippen LogP) is 4.40. The van der Waals surface area contributed by atoms with Gasteiger partial charge < -0.3 is 9.59 Å². The van der Waals surface area contributed by atoms with Crippen molar-refractivity contribution in [1.82, 2.24) is 0 Å². The van der Waals surface area contributed by atoms with Crippen LogP contribution in [-0.4, -0.2) is 61.6 Å². The van der Waals surface area contributed by atoms with Crippen LogP contribution in [0, 0.1) is 0 Å². The molecule has 0 saturated heterocycles. The summed E-state index contributed by atoms with van der Waals surface area (Å²) >= 11 is 0. The number of aliphatic hydroxyl groups is 1. The fourth-order valence-electron chi connectivity index (χ4n) is 3.52. The fourth-order valence-corrected chi connectivity index (χ4v) is 4.11. The Hall–Kier alpha value is -0.170. The van der Waals surface area contributed by atoms with Crippen LogP contribution in [0.2, 0.25) is 0 Å². The van der Waals surface area contributed by atoms with Crippen molar-refractivity contribution < 1.29 is 22.6 Å². The molecule has 0 aliphatic heterocycles. The summed E-state index contributed by atoms with van der Waals surface area (Å²) in [5.74, 6) is -0.576. The maximum absolute atomic E-state index is 10.8. The van der Waals surface area contributed by atoms with Crippen molar-refractivity contribution in [3.8, 4) is 0 Å². The number of unbranched alkanes of at least 4 members (excludes halogenated alkanes) is 12. The second-order valence-corrected chi connectivity index (χ2v) is 9.98. The third-order valence-corrected chi connectivity index (χ3v) is 5.78. The Bertz CT molecular complexity index is 424. The van der Waals surface area contributed by atoms with E-state index in [1.807, 2.05) is 14.1 Å². The molecule has 6 heteroatoms. The molecule has 0 bridgehead atoms. The third kappa shape index (κ3) is 18.6. The average molecular weight is 395 g/mol. The molecule has 0 aromatic carbocycles. The minimum absolute atomic E-state index is 0.345. The van der Waals surface area contributed by atoms with Gasteiger partial charge in [0.1, 0.15) is 18.4 Å². The molecule has 0 spiro atoms. The summed E-state index contributed by atoms with van der Waals surface area (Å²) < 4.78 is 31.0. The first-order valence-electron chi connectivity index (χ1n) is 10.6. The standard InChI is InChI=1S/C20H43NO4S/c1-4-5-6-7-8-9-10-11-12-13-14-15-16-17-21(2,3)18-20(22)19-26(23,24)25/h20,22H,4-19H2,1-3H3/p+1. The number of hydrogen-bond acceptors (Lipinski definition) is 3. The van der Waals surface area contributed by atoms with E-state index in [9.17, 15) is 13.5 Å². The van der Waals surface area contributed by atoms with Crippen molar-refractivity contribution in [2.45, 2.75) is 96.5 Å². The molecule has 0 heterocycles. The summed E-state index contributed by atoms with van der Waals surface area (Å²) in [5.41, 5.74) is 0. The molecule has 158 valence electrons. The number of likely N-dealkylation sites (N-methyl/N-ethyl adjacent to an activating group) is 1. The molecule has 1 atom stereocenters. The number of aliphatic hydroxyl groups excluding tert-OH is 1. The fraction of sp³-hybridized carbons (Fsp3) is 1.00. The minimum atomic E-state index is -4.10. The largest absolute Gasteiger partial charge is 0.386 e. The lowest BCUT2D eigenvalue weighted by atomic mass is 10.0. The molecule has 5 nitrogen and oxygen atoms in total. The van der Waals surface area contributed by atoms with Gasteiger partial charge in [-0.05, 0) is 12.8 Å². The van der Waals surface area contributed by atoms with E-state index in [0.717, 1.165) is 13.0 Å². The van der Waals surface area contributed by atoms with Crippen LogP contribution < -0.4 is 0 Å². The first kappa shape index (κ1) is 25.8. The normalized spacial score (nSPS) is 13.9. The molecule has 0 aromatic heterocycles. The van der Waals surface area contributed by atoms with Gasteiger partial charge in [0, 0.05) is 0 Å². The molecule has 0 aliphatic carbocycles. The smallest absolute Gasteiger partial charge is 0.267 e. The Balaban J connectivity index is 3.50. The number of hydrogen-bond donors (Lipinski definition) is 2. The third-order valence-electron chi connectivity index (χ3n) is 4.97. The van der Waals surface area contributed by atoms with Crippen molar-refractivity contribution in [2.24, 2.45) is 0 Å². The highest BCUT2D eigenvalue weighted by Gasteiger charge is 2.23. The summed E-state index contributed by atoms with van der Waals surface area (Å²) in [7, 11) is -0.117. The van der Waals surface area contributed by atoms with Crippen LogP contribution in [-0.2, 0) is 10.1 Å². The first-order valence-corrected chi connectivity index (χ1v) is 12.2. The van der Waals surface area contributed by atoms with E-state index < -0.39 is 22.0 Å². The van der Waals surface area contributed by atoms with Crippen LogP contribution in [0.15, 0.2) is 0 Å². The van der Waals surface area contributed by atoms with Crippen LogP contribution >= 0.6 is 0 Å². The minimum Gasteiger partial charge on any atom is -0.386 e. The Morgan fingerprint density at radius 1 is 0.769 bits per heavy atom. The van der Waals surface area contributed by atoms with Gasteiger partial charge in [-0.1, -0.05) is 77.6 Å². The van der Waals surface area contributed by atoms with E-state index in [2.05, 4.69) is 6.92 Å². The Kier molecular flexibility index (Phi) is 14.7. The van der Waals surface area contributed by atoms with Gasteiger partial charge >= 0.3 is 0 Å². The highest BCUT2D eigenvalue weighted by Crippen LogP contribution is 2.13. The molecule has 0 aromatic rings. The topological polar surface area (TPSA) is 74.6 Å². The maximum atomic E-state index is 10.8. The summed E-state index contributed by atoms with van der Waals surface area (Å²) in [4.78, 5) is 0. The average Bonchev–Trinajstić information content (AvgIpc) is 2.49. The van der Waals surface area contributed by atoms with Crippen LogP contribution in [0.1, 0.15) is 90.4 Å².